The molecule has 2 atom stereocenters. The van der Waals surface area contributed by atoms with Crippen LogP contribution in [-0.4, -0.2) is 43.6 Å². The number of alkyl halides is 3. The maximum atomic E-state index is 13.5. The van der Waals surface area contributed by atoms with Crippen LogP contribution in [0.2, 0.25) is 0 Å². The second-order valence-electron chi connectivity index (χ2n) is 8.01. The Kier molecular flexibility index (Phi) is 4.67. The second-order valence-corrected chi connectivity index (χ2v) is 8.01. The van der Waals surface area contributed by atoms with Crippen molar-refractivity contribution in [3.05, 3.63) is 59.8 Å². The minimum Gasteiger partial charge on any atom is -0.326 e. The molecular formula is C22H21F3N6. The van der Waals surface area contributed by atoms with Crippen molar-refractivity contribution in [2.75, 3.05) is 13.1 Å². The summed E-state index contributed by atoms with van der Waals surface area (Å²) in [6.45, 7) is 3.88. The molecule has 2 N–H and O–H groups in total. The van der Waals surface area contributed by atoms with Crippen LogP contribution in [0.15, 0.2) is 48.7 Å². The van der Waals surface area contributed by atoms with Gasteiger partial charge in [-0.15, -0.1) is 10.2 Å². The van der Waals surface area contributed by atoms with Gasteiger partial charge in [0.05, 0.1) is 11.1 Å². The van der Waals surface area contributed by atoms with Gasteiger partial charge in [0.15, 0.2) is 11.5 Å². The van der Waals surface area contributed by atoms with E-state index in [-0.39, 0.29) is 17.6 Å². The van der Waals surface area contributed by atoms with Gasteiger partial charge in [0.25, 0.3) is 0 Å². The summed E-state index contributed by atoms with van der Waals surface area (Å²) >= 11 is 0. The molecule has 0 radical (unpaired) electrons. The minimum absolute atomic E-state index is 0.0974. The summed E-state index contributed by atoms with van der Waals surface area (Å²) in [5, 5.41) is 8.81. The van der Waals surface area contributed by atoms with Crippen molar-refractivity contribution in [2.45, 2.75) is 31.6 Å². The van der Waals surface area contributed by atoms with E-state index in [9.17, 15) is 13.2 Å². The summed E-state index contributed by atoms with van der Waals surface area (Å²) in [6.07, 6.45) is -1.59. The summed E-state index contributed by atoms with van der Waals surface area (Å²) in [5.74, 6) is 0.404. The maximum absolute atomic E-state index is 13.5. The van der Waals surface area contributed by atoms with Crippen molar-refractivity contribution in [3.8, 4) is 11.5 Å². The molecule has 6 nitrogen and oxygen atoms in total. The van der Waals surface area contributed by atoms with E-state index in [0.29, 0.717) is 22.6 Å². The smallest absolute Gasteiger partial charge is 0.326 e. The summed E-state index contributed by atoms with van der Waals surface area (Å²) < 4.78 is 42.2. The zero-order valence-corrected chi connectivity index (χ0v) is 16.8. The molecule has 0 aliphatic carbocycles. The highest BCUT2D eigenvalue weighted by Gasteiger charge is 2.33. The number of aromatic nitrogens is 4. The number of nitrogens with two attached hydrogens (primary N) is 1. The highest BCUT2D eigenvalue weighted by Crippen LogP contribution is 2.35. The lowest BCUT2D eigenvalue weighted by Crippen LogP contribution is -2.28. The highest BCUT2D eigenvalue weighted by atomic mass is 19.4. The molecule has 9 heteroatoms. The number of benzene rings is 1. The van der Waals surface area contributed by atoms with Gasteiger partial charge in [0.1, 0.15) is 5.69 Å². The molecule has 31 heavy (non-hydrogen) atoms. The lowest BCUT2D eigenvalue weighted by molar-refractivity contribution is -0.136. The number of likely N-dealkylation sites (tertiary alicyclic amines) is 1. The molecule has 1 aliphatic rings. The van der Waals surface area contributed by atoms with Crippen molar-refractivity contribution in [1.82, 2.24) is 24.5 Å². The Hall–Kier alpha value is -3.04. The lowest BCUT2D eigenvalue weighted by Gasteiger charge is -2.24. The molecule has 1 aromatic carbocycles. The van der Waals surface area contributed by atoms with Crippen LogP contribution >= 0.6 is 0 Å². The summed E-state index contributed by atoms with van der Waals surface area (Å²) in [6, 6.07) is 11.5. The van der Waals surface area contributed by atoms with Crippen LogP contribution in [0, 0.1) is 0 Å². The second kappa shape index (κ2) is 7.28. The standard InChI is InChI=1S/C22H21F3N6/c1-13(30-10-9-16(26)12-30)15-6-8-19-28-29-21(31(19)11-15)18-7-5-14-3-2-4-17(20(14)27-18)22(23,24)25/h2-8,11,13,16H,9-10,12,26H2,1H3/t13-,16-/m0/s1. The van der Waals surface area contributed by atoms with Crippen molar-refractivity contribution in [2.24, 2.45) is 5.73 Å². The molecular weight excluding hydrogens is 405 g/mol. The Morgan fingerprint density at radius 1 is 1.10 bits per heavy atom. The average molecular weight is 426 g/mol. The molecule has 4 aromatic rings. The monoisotopic (exact) mass is 426 g/mol. The van der Waals surface area contributed by atoms with E-state index >= 15 is 0 Å². The Balaban J connectivity index is 1.59. The minimum atomic E-state index is -4.49. The van der Waals surface area contributed by atoms with Crippen LogP contribution in [0.3, 0.4) is 0 Å². The number of hydrogen-bond acceptors (Lipinski definition) is 5. The first-order valence-corrected chi connectivity index (χ1v) is 10.1. The molecule has 0 bridgehead atoms. The molecule has 0 spiro atoms. The lowest BCUT2D eigenvalue weighted by atomic mass is 10.1. The van der Waals surface area contributed by atoms with Gasteiger partial charge in [-0.3, -0.25) is 9.30 Å². The Labute approximate surface area is 176 Å². The van der Waals surface area contributed by atoms with Crippen LogP contribution < -0.4 is 5.73 Å². The van der Waals surface area contributed by atoms with Gasteiger partial charge in [0, 0.05) is 36.8 Å². The molecule has 0 amide bonds. The Morgan fingerprint density at radius 2 is 1.94 bits per heavy atom. The quantitative estimate of drug-likeness (QED) is 0.535. The van der Waals surface area contributed by atoms with Crippen LogP contribution in [-0.2, 0) is 6.18 Å². The van der Waals surface area contributed by atoms with Crippen molar-refractivity contribution >= 4 is 16.6 Å². The molecule has 4 heterocycles. The fourth-order valence-corrected chi connectivity index (χ4v) is 4.21. The third-order valence-corrected chi connectivity index (χ3v) is 5.97. The molecule has 1 fully saturated rings. The molecule has 0 saturated carbocycles. The van der Waals surface area contributed by atoms with Gasteiger partial charge in [0.2, 0.25) is 0 Å². The predicted octanol–water partition coefficient (Wildman–Crippen LogP) is 4.06. The van der Waals surface area contributed by atoms with E-state index in [2.05, 4.69) is 27.0 Å². The average Bonchev–Trinajstić information content (AvgIpc) is 3.37. The molecule has 1 saturated heterocycles. The number of para-hydroxylation sites is 1. The number of fused-ring (bicyclic) bond motifs is 2. The first kappa shape index (κ1) is 19.9. The molecule has 5 rings (SSSR count). The van der Waals surface area contributed by atoms with E-state index in [1.54, 1.807) is 22.6 Å². The fourth-order valence-electron chi connectivity index (χ4n) is 4.21. The number of nitrogens with zero attached hydrogens (tertiary/aromatic N) is 5. The zero-order valence-electron chi connectivity index (χ0n) is 16.8. The summed E-state index contributed by atoms with van der Waals surface area (Å²) in [7, 11) is 0. The van der Waals surface area contributed by atoms with E-state index in [0.717, 1.165) is 31.1 Å². The van der Waals surface area contributed by atoms with Gasteiger partial charge in [-0.2, -0.15) is 13.2 Å². The number of hydrogen-bond donors (Lipinski definition) is 1. The Morgan fingerprint density at radius 3 is 2.68 bits per heavy atom. The van der Waals surface area contributed by atoms with Crippen molar-refractivity contribution in [1.29, 1.82) is 0 Å². The third-order valence-electron chi connectivity index (χ3n) is 5.97. The largest absolute Gasteiger partial charge is 0.418 e. The van der Waals surface area contributed by atoms with Gasteiger partial charge >= 0.3 is 6.18 Å². The van der Waals surface area contributed by atoms with Gasteiger partial charge < -0.3 is 5.73 Å². The van der Waals surface area contributed by atoms with Crippen LogP contribution in [0.5, 0.6) is 0 Å². The van der Waals surface area contributed by atoms with E-state index in [1.807, 2.05) is 18.3 Å². The van der Waals surface area contributed by atoms with Gasteiger partial charge in [-0.05, 0) is 37.1 Å². The van der Waals surface area contributed by atoms with Gasteiger partial charge in [-0.25, -0.2) is 4.98 Å². The molecule has 3 aromatic heterocycles. The van der Waals surface area contributed by atoms with E-state index in [4.69, 9.17) is 5.73 Å². The van der Waals surface area contributed by atoms with Crippen LogP contribution in [0.1, 0.15) is 30.5 Å². The summed E-state index contributed by atoms with van der Waals surface area (Å²) in [5.41, 5.74) is 7.19. The molecule has 160 valence electrons. The number of rotatable bonds is 3. The molecule has 1 aliphatic heterocycles. The highest BCUT2D eigenvalue weighted by molar-refractivity contribution is 5.84. The van der Waals surface area contributed by atoms with Crippen LogP contribution in [0.25, 0.3) is 28.1 Å². The topological polar surface area (TPSA) is 72.3 Å². The Bertz CT molecular complexity index is 1270. The molecule has 0 unspecified atom stereocenters. The summed E-state index contributed by atoms with van der Waals surface area (Å²) in [4.78, 5) is 6.65. The first-order chi connectivity index (χ1) is 14.8. The number of halogens is 3. The first-order valence-electron chi connectivity index (χ1n) is 10.1. The predicted molar refractivity (Wildman–Crippen MR) is 111 cm³/mol. The van der Waals surface area contributed by atoms with Crippen LogP contribution in [0.4, 0.5) is 13.2 Å². The number of pyridine rings is 2. The van der Waals surface area contributed by atoms with E-state index in [1.165, 1.54) is 6.07 Å². The zero-order chi connectivity index (χ0) is 21.8. The van der Waals surface area contributed by atoms with Crippen molar-refractivity contribution in [3.63, 3.8) is 0 Å². The third kappa shape index (κ3) is 3.53. The fraction of sp³-hybridized carbons (Fsp3) is 0.318. The van der Waals surface area contributed by atoms with Crippen molar-refractivity contribution < 1.29 is 13.2 Å². The maximum Gasteiger partial charge on any atom is 0.418 e. The van der Waals surface area contributed by atoms with Gasteiger partial charge in [-0.1, -0.05) is 24.3 Å². The SMILES string of the molecule is C[C@@H](c1ccc2nnc(-c3ccc4cccc(C(F)(F)F)c4n3)n2c1)N1CC[C@H](N)C1. The van der Waals surface area contributed by atoms with E-state index < -0.39 is 11.7 Å². The normalized spacial score (nSPS) is 18.8.